The van der Waals surface area contributed by atoms with Crippen molar-refractivity contribution >= 4 is 15.9 Å². The normalized spacial score (nSPS) is 13.3. The number of nitrogens with one attached hydrogen (secondary N) is 2. The van der Waals surface area contributed by atoms with E-state index >= 15 is 0 Å². The summed E-state index contributed by atoms with van der Waals surface area (Å²) >= 11 is 0. The minimum Gasteiger partial charge on any atom is -0.277 e. The van der Waals surface area contributed by atoms with Crippen LogP contribution in [0.15, 0.2) is 35.2 Å². The van der Waals surface area contributed by atoms with Crippen LogP contribution < -0.4 is 10.2 Å². The smallest absolute Gasteiger partial charge is 0.261 e. The third-order valence-corrected chi connectivity index (χ3v) is 3.94. The van der Waals surface area contributed by atoms with Gasteiger partial charge in [-0.05, 0) is 18.1 Å². The van der Waals surface area contributed by atoms with Gasteiger partial charge in [0.15, 0.2) is 0 Å². The van der Waals surface area contributed by atoms with Crippen molar-refractivity contribution in [2.24, 2.45) is 5.92 Å². The maximum atomic E-state index is 12.1. The molecule has 0 radical (unpaired) electrons. The van der Waals surface area contributed by atoms with Gasteiger partial charge in [-0.3, -0.25) is 9.63 Å². The van der Waals surface area contributed by atoms with Crippen LogP contribution in [0, 0.1) is 5.92 Å². The highest BCUT2D eigenvalue weighted by Crippen LogP contribution is 2.11. The molecular weight excluding hydrogens is 268 g/mol. The molecule has 0 fully saturated rings. The second kappa shape index (κ2) is 6.65. The van der Waals surface area contributed by atoms with Gasteiger partial charge < -0.3 is 0 Å². The van der Waals surface area contributed by atoms with E-state index in [0.717, 1.165) is 0 Å². The summed E-state index contributed by atoms with van der Waals surface area (Å²) in [5, 5.41) is 0. The van der Waals surface area contributed by atoms with E-state index in [1.54, 1.807) is 32.0 Å². The molecule has 7 heteroatoms. The maximum absolute atomic E-state index is 12.1. The Balaban J connectivity index is 2.94. The highest BCUT2D eigenvalue weighted by atomic mass is 32.2. The first kappa shape index (κ1) is 15.6. The van der Waals surface area contributed by atoms with Crippen LogP contribution in [0.5, 0.6) is 0 Å². The van der Waals surface area contributed by atoms with E-state index in [1.807, 2.05) is 0 Å². The lowest BCUT2D eigenvalue weighted by Gasteiger charge is -2.20. The highest BCUT2D eigenvalue weighted by Gasteiger charge is 2.28. The fraction of sp³-hybridized carbons (Fsp3) is 0.417. The van der Waals surface area contributed by atoms with Crippen molar-refractivity contribution in [3.05, 3.63) is 30.3 Å². The zero-order chi connectivity index (χ0) is 14.5. The molecule has 106 valence electrons. The van der Waals surface area contributed by atoms with E-state index in [1.165, 1.54) is 19.2 Å². The molecule has 0 saturated heterocycles. The monoisotopic (exact) mass is 286 g/mol. The third-order valence-electron chi connectivity index (χ3n) is 2.49. The summed E-state index contributed by atoms with van der Waals surface area (Å²) in [6.45, 7) is 3.49. The van der Waals surface area contributed by atoms with Gasteiger partial charge in [0, 0.05) is 0 Å². The Morgan fingerprint density at radius 3 is 2.26 bits per heavy atom. The van der Waals surface area contributed by atoms with Gasteiger partial charge in [0.2, 0.25) is 10.0 Å². The first-order valence-electron chi connectivity index (χ1n) is 5.78. The molecule has 19 heavy (non-hydrogen) atoms. The minimum atomic E-state index is -3.73. The molecule has 1 aromatic rings. The molecule has 0 aliphatic carbocycles. The zero-order valence-corrected chi connectivity index (χ0v) is 11.9. The molecule has 1 atom stereocenters. The summed E-state index contributed by atoms with van der Waals surface area (Å²) in [4.78, 5) is 16.4. The van der Waals surface area contributed by atoms with Gasteiger partial charge in [0.25, 0.3) is 5.91 Å². The van der Waals surface area contributed by atoms with Crippen LogP contribution in [0.3, 0.4) is 0 Å². The predicted octanol–water partition coefficient (Wildman–Crippen LogP) is 0.667. The number of sulfonamides is 1. The van der Waals surface area contributed by atoms with Crippen molar-refractivity contribution in [2.75, 3.05) is 7.11 Å². The van der Waals surface area contributed by atoms with Gasteiger partial charge in [-0.25, -0.2) is 13.9 Å². The Hall–Kier alpha value is -1.44. The molecule has 1 rings (SSSR count). The fourth-order valence-corrected chi connectivity index (χ4v) is 2.86. The van der Waals surface area contributed by atoms with Gasteiger partial charge >= 0.3 is 0 Å². The number of benzene rings is 1. The molecule has 0 aliphatic rings. The molecule has 0 aliphatic heterocycles. The molecule has 0 heterocycles. The van der Waals surface area contributed by atoms with E-state index in [2.05, 4.69) is 15.0 Å². The van der Waals surface area contributed by atoms with E-state index < -0.39 is 22.0 Å². The Bertz CT molecular complexity index is 514. The summed E-state index contributed by atoms with van der Waals surface area (Å²) in [7, 11) is -2.44. The van der Waals surface area contributed by atoms with Crippen LogP contribution in [-0.4, -0.2) is 27.5 Å². The Morgan fingerprint density at radius 1 is 1.21 bits per heavy atom. The van der Waals surface area contributed by atoms with Gasteiger partial charge in [0.05, 0.1) is 12.0 Å². The lowest BCUT2D eigenvalue weighted by Crippen LogP contribution is -2.49. The minimum absolute atomic E-state index is 0.117. The molecule has 0 saturated carbocycles. The molecule has 0 spiro atoms. The van der Waals surface area contributed by atoms with Gasteiger partial charge in [0.1, 0.15) is 6.04 Å². The first-order valence-corrected chi connectivity index (χ1v) is 7.27. The van der Waals surface area contributed by atoms with Gasteiger partial charge in [-0.1, -0.05) is 32.0 Å². The van der Waals surface area contributed by atoms with E-state index in [4.69, 9.17) is 0 Å². The van der Waals surface area contributed by atoms with Crippen LogP contribution in [0.2, 0.25) is 0 Å². The summed E-state index contributed by atoms with van der Waals surface area (Å²) in [5.41, 5.74) is 2.14. The molecular formula is C12H18N2O4S. The Kier molecular flexibility index (Phi) is 5.46. The first-order chi connectivity index (χ1) is 8.88. The zero-order valence-electron chi connectivity index (χ0n) is 11.1. The Labute approximate surface area is 113 Å². The number of amides is 1. The van der Waals surface area contributed by atoms with Crippen molar-refractivity contribution in [1.82, 2.24) is 10.2 Å². The second-order valence-electron chi connectivity index (χ2n) is 4.33. The van der Waals surface area contributed by atoms with Crippen molar-refractivity contribution in [2.45, 2.75) is 24.8 Å². The molecule has 0 unspecified atom stereocenters. The summed E-state index contributed by atoms with van der Waals surface area (Å²) in [6.07, 6.45) is 0. The third kappa shape index (κ3) is 4.30. The van der Waals surface area contributed by atoms with Crippen molar-refractivity contribution < 1.29 is 18.0 Å². The Morgan fingerprint density at radius 2 is 1.79 bits per heavy atom. The summed E-state index contributed by atoms with van der Waals surface area (Å²) < 4.78 is 26.6. The number of rotatable bonds is 6. The maximum Gasteiger partial charge on any atom is 0.261 e. The molecule has 2 N–H and O–H groups in total. The van der Waals surface area contributed by atoms with Crippen LogP contribution in [0.1, 0.15) is 13.8 Å². The number of hydrogen-bond acceptors (Lipinski definition) is 4. The highest BCUT2D eigenvalue weighted by molar-refractivity contribution is 7.89. The van der Waals surface area contributed by atoms with Crippen molar-refractivity contribution in [3.8, 4) is 0 Å². The van der Waals surface area contributed by atoms with Gasteiger partial charge in [-0.15, -0.1) is 0 Å². The van der Waals surface area contributed by atoms with E-state index in [-0.39, 0.29) is 10.8 Å². The molecule has 1 amide bonds. The number of hydroxylamine groups is 1. The van der Waals surface area contributed by atoms with Crippen LogP contribution in [0.4, 0.5) is 0 Å². The quantitative estimate of drug-likeness (QED) is 0.753. The van der Waals surface area contributed by atoms with E-state index in [9.17, 15) is 13.2 Å². The summed E-state index contributed by atoms with van der Waals surface area (Å²) in [5.74, 6) is -0.745. The molecule has 6 nitrogen and oxygen atoms in total. The van der Waals surface area contributed by atoms with Gasteiger partial charge in [-0.2, -0.15) is 4.72 Å². The molecule has 0 bridgehead atoms. The largest absolute Gasteiger partial charge is 0.277 e. The number of carbonyl (C=O) groups is 1. The molecule has 1 aromatic carbocycles. The number of carbonyl (C=O) groups excluding carboxylic acids is 1. The topological polar surface area (TPSA) is 84.5 Å². The lowest BCUT2D eigenvalue weighted by atomic mass is 10.1. The SMILES string of the molecule is CONC(=O)[C@H](NS(=O)(=O)c1ccccc1)C(C)C. The predicted molar refractivity (Wildman–Crippen MR) is 70.5 cm³/mol. The standard InChI is InChI=1S/C12H18N2O4S/c1-9(2)11(12(15)13-18-3)14-19(16,17)10-7-5-4-6-8-10/h4-9,11,14H,1-3H3,(H,13,15)/t11-/m1/s1. The lowest BCUT2D eigenvalue weighted by molar-refractivity contribution is -0.134. The van der Waals surface area contributed by atoms with Crippen LogP contribution in [0.25, 0.3) is 0 Å². The number of hydrogen-bond donors (Lipinski definition) is 2. The molecule has 0 aromatic heterocycles. The van der Waals surface area contributed by atoms with Crippen LogP contribution >= 0.6 is 0 Å². The second-order valence-corrected chi connectivity index (χ2v) is 6.04. The van der Waals surface area contributed by atoms with E-state index in [0.29, 0.717) is 0 Å². The summed E-state index contributed by atoms with van der Waals surface area (Å²) in [6, 6.07) is 6.99. The average molecular weight is 286 g/mol. The average Bonchev–Trinajstić information content (AvgIpc) is 2.37. The fourth-order valence-electron chi connectivity index (χ4n) is 1.49. The van der Waals surface area contributed by atoms with Crippen molar-refractivity contribution in [3.63, 3.8) is 0 Å². The van der Waals surface area contributed by atoms with Crippen LogP contribution in [-0.2, 0) is 19.7 Å². The van der Waals surface area contributed by atoms with Crippen molar-refractivity contribution in [1.29, 1.82) is 0 Å².